The van der Waals surface area contributed by atoms with E-state index in [0.717, 1.165) is 24.9 Å². The molecule has 118 valence electrons. The Morgan fingerprint density at radius 2 is 1.86 bits per heavy atom. The van der Waals surface area contributed by atoms with E-state index in [1.54, 1.807) is 16.4 Å². The van der Waals surface area contributed by atoms with Crippen molar-refractivity contribution in [2.24, 2.45) is 5.92 Å². The first-order valence-electron chi connectivity index (χ1n) is 7.70. The molecule has 21 heavy (non-hydrogen) atoms. The van der Waals surface area contributed by atoms with E-state index in [1.165, 1.54) is 0 Å². The monoisotopic (exact) mass is 310 g/mol. The van der Waals surface area contributed by atoms with Crippen molar-refractivity contribution in [2.75, 3.05) is 19.6 Å². The standard InChI is InChI=1S/C16H26N2O2S/c1-13(2)17-12-15-8-10-18(11-9-15)21(19,20)16-7-5-4-6-14(16)3/h4-7,13,15,17H,8-12H2,1-3H3. The lowest BCUT2D eigenvalue weighted by Gasteiger charge is -2.32. The van der Waals surface area contributed by atoms with Crippen LogP contribution in [0.1, 0.15) is 32.3 Å². The summed E-state index contributed by atoms with van der Waals surface area (Å²) in [5, 5.41) is 3.44. The predicted octanol–water partition coefficient (Wildman–Crippen LogP) is 2.39. The first kappa shape index (κ1) is 16.5. The third-order valence-electron chi connectivity index (χ3n) is 4.10. The van der Waals surface area contributed by atoms with Crippen LogP contribution in [-0.2, 0) is 10.0 Å². The molecule has 1 saturated heterocycles. The van der Waals surface area contributed by atoms with E-state index in [9.17, 15) is 8.42 Å². The second-order valence-electron chi connectivity index (χ2n) is 6.18. The molecule has 0 aliphatic carbocycles. The largest absolute Gasteiger partial charge is 0.314 e. The Labute approximate surface area is 128 Å². The molecule has 1 heterocycles. The summed E-state index contributed by atoms with van der Waals surface area (Å²) in [6, 6.07) is 7.71. The fourth-order valence-corrected chi connectivity index (χ4v) is 4.44. The van der Waals surface area contributed by atoms with E-state index in [-0.39, 0.29) is 0 Å². The van der Waals surface area contributed by atoms with Crippen LogP contribution < -0.4 is 5.32 Å². The molecule has 0 bridgehead atoms. The van der Waals surface area contributed by atoms with Gasteiger partial charge in [0.05, 0.1) is 4.90 Å². The minimum absolute atomic E-state index is 0.448. The summed E-state index contributed by atoms with van der Waals surface area (Å²) in [7, 11) is -3.33. The van der Waals surface area contributed by atoms with Crippen molar-refractivity contribution in [3.63, 3.8) is 0 Å². The van der Waals surface area contributed by atoms with E-state index in [0.29, 0.717) is 29.9 Å². The zero-order valence-corrected chi connectivity index (χ0v) is 14.0. The third-order valence-corrected chi connectivity index (χ3v) is 6.16. The van der Waals surface area contributed by atoms with Crippen LogP contribution in [0.25, 0.3) is 0 Å². The molecule has 1 aromatic rings. The highest BCUT2D eigenvalue weighted by Gasteiger charge is 2.30. The van der Waals surface area contributed by atoms with Crippen LogP contribution >= 0.6 is 0 Å². The summed E-state index contributed by atoms with van der Waals surface area (Å²) in [6.07, 6.45) is 1.87. The fraction of sp³-hybridized carbons (Fsp3) is 0.625. The van der Waals surface area contributed by atoms with E-state index in [1.807, 2.05) is 19.1 Å². The van der Waals surface area contributed by atoms with Gasteiger partial charge in [0.25, 0.3) is 0 Å². The molecule has 0 unspecified atom stereocenters. The molecular formula is C16H26N2O2S. The Morgan fingerprint density at radius 1 is 1.24 bits per heavy atom. The molecular weight excluding hydrogens is 284 g/mol. The summed E-state index contributed by atoms with van der Waals surface area (Å²) in [4.78, 5) is 0.448. The smallest absolute Gasteiger partial charge is 0.243 e. The third kappa shape index (κ3) is 4.05. The minimum atomic E-state index is -3.33. The molecule has 0 atom stereocenters. The summed E-state index contributed by atoms with van der Waals surface area (Å²) >= 11 is 0. The Balaban J connectivity index is 2.00. The second-order valence-corrected chi connectivity index (χ2v) is 8.08. The van der Waals surface area contributed by atoms with Gasteiger partial charge in [0.2, 0.25) is 10.0 Å². The van der Waals surface area contributed by atoms with Gasteiger partial charge in [-0.3, -0.25) is 0 Å². The Hall–Kier alpha value is -0.910. The lowest BCUT2D eigenvalue weighted by atomic mass is 9.98. The molecule has 0 aromatic heterocycles. The second kappa shape index (κ2) is 6.90. The number of aryl methyl sites for hydroxylation is 1. The average Bonchev–Trinajstić information content (AvgIpc) is 2.46. The molecule has 0 radical (unpaired) electrons. The van der Waals surface area contributed by atoms with Crippen molar-refractivity contribution in [2.45, 2.75) is 44.6 Å². The summed E-state index contributed by atoms with van der Waals surface area (Å²) < 4.78 is 27.0. The maximum Gasteiger partial charge on any atom is 0.243 e. The van der Waals surface area contributed by atoms with E-state index >= 15 is 0 Å². The van der Waals surface area contributed by atoms with Crippen molar-refractivity contribution in [1.82, 2.24) is 9.62 Å². The Bertz CT molecular complexity index is 561. The number of hydrogen-bond donors (Lipinski definition) is 1. The molecule has 0 saturated carbocycles. The van der Waals surface area contributed by atoms with Gasteiger partial charge in [0.15, 0.2) is 0 Å². The highest BCUT2D eigenvalue weighted by atomic mass is 32.2. The van der Waals surface area contributed by atoms with Crippen molar-refractivity contribution >= 4 is 10.0 Å². The average molecular weight is 310 g/mol. The van der Waals surface area contributed by atoms with Crippen LogP contribution in [0.4, 0.5) is 0 Å². The number of benzene rings is 1. The predicted molar refractivity (Wildman–Crippen MR) is 85.8 cm³/mol. The number of piperidine rings is 1. The summed E-state index contributed by atoms with van der Waals surface area (Å²) in [5.74, 6) is 0.579. The van der Waals surface area contributed by atoms with Crippen LogP contribution in [0.15, 0.2) is 29.2 Å². The van der Waals surface area contributed by atoms with Gasteiger partial charge in [-0.2, -0.15) is 4.31 Å². The van der Waals surface area contributed by atoms with Crippen molar-refractivity contribution in [3.05, 3.63) is 29.8 Å². The van der Waals surface area contributed by atoms with E-state index in [4.69, 9.17) is 0 Å². The van der Waals surface area contributed by atoms with Gasteiger partial charge in [0.1, 0.15) is 0 Å². The number of hydrogen-bond acceptors (Lipinski definition) is 3. The molecule has 1 N–H and O–H groups in total. The Kier molecular flexibility index (Phi) is 5.41. The van der Waals surface area contributed by atoms with Crippen molar-refractivity contribution < 1.29 is 8.42 Å². The summed E-state index contributed by atoms with van der Waals surface area (Å²) in [6.45, 7) is 8.36. The van der Waals surface area contributed by atoms with Crippen LogP contribution in [0.2, 0.25) is 0 Å². The lowest BCUT2D eigenvalue weighted by Crippen LogP contribution is -2.41. The molecule has 0 amide bonds. The number of nitrogens with zero attached hydrogens (tertiary/aromatic N) is 1. The quantitative estimate of drug-likeness (QED) is 0.908. The fourth-order valence-electron chi connectivity index (χ4n) is 2.74. The van der Waals surface area contributed by atoms with Crippen LogP contribution in [0, 0.1) is 12.8 Å². The molecule has 1 fully saturated rings. The highest BCUT2D eigenvalue weighted by Crippen LogP contribution is 2.25. The molecule has 4 nitrogen and oxygen atoms in total. The zero-order chi connectivity index (χ0) is 15.5. The number of nitrogens with one attached hydrogen (secondary N) is 1. The van der Waals surface area contributed by atoms with Crippen LogP contribution in [-0.4, -0.2) is 38.4 Å². The van der Waals surface area contributed by atoms with Crippen molar-refractivity contribution in [1.29, 1.82) is 0 Å². The van der Waals surface area contributed by atoms with Gasteiger partial charge < -0.3 is 5.32 Å². The summed E-state index contributed by atoms with van der Waals surface area (Å²) in [5.41, 5.74) is 0.820. The maximum absolute atomic E-state index is 12.7. The van der Waals surface area contributed by atoms with Gasteiger partial charge in [-0.15, -0.1) is 0 Å². The molecule has 1 aromatic carbocycles. The van der Waals surface area contributed by atoms with Crippen LogP contribution in [0.3, 0.4) is 0 Å². The first-order valence-corrected chi connectivity index (χ1v) is 9.14. The molecule has 0 spiro atoms. The highest BCUT2D eigenvalue weighted by molar-refractivity contribution is 7.89. The lowest BCUT2D eigenvalue weighted by molar-refractivity contribution is 0.263. The van der Waals surface area contributed by atoms with Gasteiger partial charge in [0, 0.05) is 19.1 Å². The van der Waals surface area contributed by atoms with Crippen LogP contribution in [0.5, 0.6) is 0 Å². The van der Waals surface area contributed by atoms with E-state index < -0.39 is 10.0 Å². The number of rotatable bonds is 5. The van der Waals surface area contributed by atoms with Gasteiger partial charge in [-0.05, 0) is 43.9 Å². The topological polar surface area (TPSA) is 49.4 Å². The van der Waals surface area contributed by atoms with Gasteiger partial charge in [-0.25, -0.2) is 8.42 Å². The SMILES string of the molecule is Cc1ccccc1S(=O)(=O)N1CCC(CNC(C)C)CC1. The van der Waals surface area contributed by atoms with Crippen molar-refractivity contribution in [3.8, 4) is 0 Å². The zero-order valence-electron chi connectivity index (χ0n) is 13.2. The first-order chi connectivity index (χ1) is 9.91. The van der Waals surface area contributed by atoms with Gasteiger partial charge >= 0.3 is 0 Å². The molecule has 5 heteroatoms. The number of sulfonamides is 1. The Morgan fingerprint density at radius 3 is 2.43 bits per heavy atom. The van der Waals surface area contributed by atoms with Gasteiger partial charge in [-0.1, -0.05) is 32.0 Å². The molecule has 1 aliphatic rings. The minimum Gasteiger partial charge on any atom is -0.314 e. The molecule has 2 rings (SSSR count). The molecule has 1 aliphatic heterocycles. The van der Waals surface area contributed by atoms with E-state index in [2.05, 4.69) is 19.2 Å². The maximum atomic E-state index is 12.7. The normalized spacial score (nSPS) is 18.3.